The first-order chi connectivity index (χ1) is 18.5. The van der Waals surface area contributed by atoms with Crippen LogP contribution in [-0.2, 0) is 0 Å². The van der Waals surface area contributed by atoms with Gasteiger partial charge in [-0.05, 0) is 62.2 Å². The summed E-state index contributed by atoms with van der Waals surface area (Å²) < 4.78 is 5.40. The van der Waals surface area contributed by atoms with Gasteiger partial charge >= 0.3 is 0 Å². The second-order valence-electron chi connectivity index (χ2n) is 10.1. The molecule has 2 aliphatic heterocycles. The van der Waals surface area contributed by atoms with Gasteiger partial charge in [0.25, 0.3) is 0 Å². The molecule has 0 bridgehead atoms. The van der Waals surface area contributed by atoms with Crippen LogP contribution in [0.5, 0.6) is 11.6 Å². The van der Waals surface area contributed by atoms with Crippen molar-refractivity contribution in [2.45, 2.75) is 32.7 Å². The number of methoxy groups -OCH3 is 1. The van der Waals surface area contributed by atoms with Crippen LogP contribution in [0.1, 0.15) is 36.5 Å². The van der Waals surface area contributed by atoms with Gasteiger partial charge in [-0.3, -0.25) is 0 Å². The number of benzene rings is 3. The average Bonchev–Trinajstić information content (AvgIpc) is 3.50. The molecule has 3 N–H and O–H groups in total. The maximum Gasteiger partial charge on any atom is 0.197 e. The number of aryl methyl sites for hydroxylation is 1. The highest BCUT2D eigenvalue weighted by Crippen LogP contribution is 2.40. The van der Waals surface area contributed by atoms with E-state index in [4.69, 9.17) is 14.7 Å². The van der Waals surface area contributed by atoms with E-state index in [0.29, 0.717) is 17.4 Å². The number of fused-ring (bicyclic) bond motifs is 2. The van der Waals surface area contributed by atoms with Gasteiger partial charge in [0.15, 0.2) is 11.7 Å². The Balaban J connectivity index is 1.48. The molecule has 4 aromatic rings. The minimum absolute atomic E-state index is 0.107. The fourth-order valence-electron chi connectivity index (χ4n) is 5.43. The molecule has 3 heterocycles. The molecule has 2 aliphatic rings. The lowest BCUT2D eigenvalue weighted by atomic mass is 9.95. The fourth-order valence-corrected chi connectivity index (χ4v) is 5.43. The molecule has 38 heavy (non-hydrogen) atoms. The molecule has 194 valence electrons. The number of nitrogens with zero attached hydrogens (tertiary/aromatic N) is 3. The third-order valence-electron chi connectivity index (χ3n) is 7.63. The molecule has 0 radical (unpaired) electrons. The highest BCUT2D eigenvalue weighted by molar-refractivity contribution is 6.01. The molecule has 0 amide bonds. The van der Waals surface area contributed by atoms with Crippen LogP contribution in [0.15, 0.2) is 76.5 Å². The minimum atomic E-state index is 0.107. The number of anilines is 1. The quantitative estimate of drug-likeness (QED) is 0.351. The maximum atomic E-state index is 11.2. The van der Waals surface area contributed by atoms with Crippen molar-refractivity contribution in [3.8, 4) is 11.6 Å². The van der Waals surface area contributed by atoms with Crippen LogP contribution in [-0.4, -0.2) is 47.8 Å². The zero-order valence-electron chi connectivity index (χ0n) is 22.1. The lowest BCUT2D eigenvalue weighted by molar-refractivity contribution is 0.229. The summed E-state index contributed by atoms with van der Waals surface area (Å²) in [6.07, 6.45) is 2.24. The molecule has 0 spiro atoms. The maximum absolute atomic E-state index is 11.2. The molecule has 0 atom stereocenters. The Bertz CT molecular complexity index is 1640. The number of H-pyrrole nitrogens is 1. The van der Waals surface area contributed by atoms with Crippen molar-refractivity contribution in [1.29, 1.82) is 0 Å². The molecule has 7 heteroatoms. The van der Waals surface area contributed by atoms with Gasteiger partial charge in [-0.2, -0.15) is 0 Å². The topological polar surface area (TPSA) is 85.2 Å². The molecule has 0 unspecified atom stereocenters. The van der Waals surface area contributed by atoms with E-state index in [-0.39, 0.29) is 5.88 Å². The Labute approximate surface area is 222 Å². The number of aromatic hydroxyl groups is 1. The van der Waals surface area contributed by atoms with Crippen LogP contribution in [0, 0.1) is 6.92 Å². The van der Waals surface area contributed by atoms with E-state index in [0.717, 1.165) is 82.2 Å². The van der Waals surface area contributed by atoms with Gasteiger partial charge < -0.3 is 25.0 Å². The molecule has 7 nitrogen and oxygen atoms in total. The van der Waals surface area contributed by atoms with Crippen molar-refractivity contribution in [1.82, 2.24) is 9.88 Å². The molecule has 0 aliphatic carbocycles. The van der Waals surface area contributed by atoms with Crippen LogP contribution < -0.4 is 20.8 Å². The lowest BCUT2D eigenvalue weighted by Gasteiger charge is -2.32. The number of aromatic amines is 1. The predicted octanol–water partition coefficient (Wildman–Crippen LogP) is 4.76. The Kier molecular flexibility index (Phi) is 6.37. The van der Waals surface area contributed by atoms with E-state index in [9.17, 15) is 5.11 Å². The summed E-state index contributed by atoms with van der Waals surface area (Å²) in [5, 5.41) is 17.4. The number of nitrogens with one attached hydrogen (secondary N) is 2. The van der Waals surface area contributed by atoms with Crippen LogP contribution in [0.25, 0.3) is 16.5 Å². The first-order valence-corrected chi connectivity index (χ1v) is 13.3. The second kappa shape index (κ2) is 9.99. The number of hydrogen-bond donors (Lipinski definition) is 3. The van der Waals surface area contributed by atoms with E-state index in [1.165, 1.54) is 0 Å². The smallest absolute Gasteiger partial charge is 0.197 e. The third kappa shape index (κ3) is 4.54. The highest BCUT2D eigenvalue weighted by atomic mass is 16.5. The molecule has 1 saturated heterocycles. The normalized spacial score (nSPS) is 17.1. The van der Waals surface area contributed by atoms with Crippen molar-refractivity contribution in [3.05, 3.63) is 93.9 Å². The van der Waals surface area contributed by atoms with Crippen LogP contribution in [0.3, 0.4) is 0 Å². The van der Waals surface area contributed by atoms with Crippen LogP contribution >= 0.6 is 0 Å². The monoisotopic (exact) mass is 507 g/mol. The number of aromatic nitrogens is 1. The Hall–Kier alpha value is -4.10. The van der Waals surface area contributed by atoms with E-state index in [2.05, 4.69) is 65.4 Å². The molecular formula is C31H33N5O2. The Morgan fingerprint density at radius 2 is 1.79 bits per heavy atom. The fraction of sp³-hybridized carbons (Fsp3) is 0.290. The van der Waals surface area contributed by atoms with Gasteiger partial charge in [0.2, 0.25) is 0 Å². The van der Waals surface area contributed by atoms with E-state index in [1.54, 1.807) is 7.11 Å². The number of hydrogen-bond acceptors (Lipinski definition) is 6. The molecule has 3 aromatic carbocycles. The summed E-state index contributed by atoms with van der Waals surface area (Å²) >= 11 is 0. The zero-order valence-corrected chi connectivity index (χ0v) is 22.1. The van der Waals surface area contributed by atoms with Gasteiger partial charge in [-0.15, -0.1) is 0 Å². The van der Waals surface area contributed by atoms with E-state index in [1.807, 2.05) is 24.3 Å². The summed E-state index contributed by atoms with van der Waals surface area (Å²) in [5.41, 5.74) is 5.52. The summed E-state index contributed by atoms with van der Waals surface area (Å²) in [5.74, 6) is 1.41. The van der Waals surface area contributed by atoms with Crippen LogP contribution in [0.4, 0.5) is 5.69 Å². The van der Waals surface area contributed by atoms with Crippen molar-refractivity contribution in [2.24, 2.45) is 9.98 Å². The van der Waals surface area contributed by atoms with Gasteiger partial charge in [0.05, 0.1) is 23.4 Å². The van der Waals surface area contributed by atoms with E-state index >= 15 is 0 Å². The van der Waals surface area contributed by atoms with Crippen molar-refractivity contribution < 1.29 is 9.84 Å². The summed E-state index contributed by atoms with van der Waals surface area (Å²) in [7, 11) is 1.64. The average molecular weight is 508 g/mol. The van der Waals surface area contributed by atoms with Crippen molar-refractivity contribution in [3.63, 3.8) is 0 Å². The van der Waals surface area contributed by atoms with Gasteiger partial charge in [-0.25, -0.2) is 9.98 Å². The first kappa shape index (κ1) is 24.2. The van der Waals surface area contributed by atoms with Gasteiger partial charge in [0, 0.05) is 47.4 Å². The largest absolute Gasteiger partial charge is 0.497 e. The van der Waals surface area contributed by atoms with Gasteiger partial charge in [-0.1, -0.05) is 36.8 Å². The summed E-state index contributed by atoms with van der Waals surface area (Å²) in [6.45, 7) is 7.62. The lowest BCUT2D eigenvalue weighted by Crippen LogP contribution is -2.38. The van der Waals surface area contributed by atoms with E-state index < -0.39 is 0 Å². The molecule has 1 fully saturated rings. The minimum Gasteiger partial charge on any atom is -0.497 e. The Morgan fingerprint density at radius 1 is 1.03 bits per heavy atom. The second-order valence-corrected chi connectivity index (χ2v) is 10.1. The number of rotatable bonds is 6. The summed E-state index contributed by atoms with van der Waals surface area (Å²) in [6, 6.07) is 20.6. The number of piperidine rings is 1. The Morgan fingerprint density at radius 3 is 2.53 bits per heavy atom. The standard InChI is InChI=1S/C31H33N5O2/c1-4-36-15-13-21(14-16-36)32-22-9-11-25-24(17-22)29(31(37)35-25)28(20-7-5-19(2)6-8-20)30-33-26-12-10-23(38-3)18-27(26)34-30/h5-12,17-18,21,32,35,37H,4,13-16H2,1-3H3. The third-order valence-corrected chi connectivity index (χ3v) is 7.63. The number of likely N-dealkylation sites (tertiary alicyclic amines) is 1. The van der Waals surface area contributed by atoms with Crippen LogP contribution in [0.2, 0.25) is 0 Å². The number of ether oxygens (including phenoxy) is 1. The van der Waals surface area contributed by atoms with Crippen molar-refractivity contribution in [2.75, 3.05) is 32.1 Å². The zero-order chi connectivity index (χ0) is 26.2. The van der Waals surface area contributed by atoms with Gasteiger partial charge in [0.1, 0.15) is 5.75 Å². The highest BCUT2D eigenvalue weighted by Gasteiger charge is 2.23. The first-order valence-electron chi connectivity index (χ1n) is 13.3. The SMILES string of the molecule is CCN1CCC(Nc2ccc3[nH]c(O)c(C(=C4N=c5ccc(OC)cc5=N4)c4ccc(C)cc4)c3c2)CC1. The molecule has 0 saturated carbocycles. The summed E-state index contributed by atoms with van der Waals surface area (Å²) in [4.78, 5) is 15.4. The molecule has 6 rings (SSSR count). The molecule has 1 aromatic heterocycles. The van der Waals surface area contributed by atoms with Crippen molar-refractivity contribution >= 4 is 22.2 Å². The molecular weight excluding hydrogens is 474 g/mol. The predicted molar refractivity (Wildman–Crippen MR) is 151 cm³/mol.